The van der Waals surface area contributed by atoms with Gasteiger partial charge in [-0.25, -0.2) is 8.42 Å². The van der Waals surface area contributed by atoms with Gasteiger partial charge in [0.25, 0.3) is 10.0 Å². The average molecular weight is 328 g/mol. The van der Waals surface area contributed by atoms with Gasteiger partial charge in [-0.1, -0.05) is 30.8 Å². The van der Waals surface area contributed by atoms with E-state index >= 15 is 0 Å². The highest BCUT2D eigenvalue weighted by atomic mass is 32.2. The fourth-order valence-electron chi connectivity index (χ4n) is 2.53. The standard InChI is InChI=1S/C16H12N2O4S/c1-2-23(21,22)18-12-8-7-11(17)13-14(12)16(20)10-6-4-3-5-9(10)15(13)19/h2-8,18H,1,17H2. The summed E-state index contributed by atoms with van der Waals surface area (Å²) in [4.78, 5) is 25.4. The Labute approximate surface area is 132 Å². The number of anilines is 2. The SMILES string of the molecule is C=CS(=O)(=O)Nc1ccc(N)c2c1C(=O)c1ccccc1C2=O. The molecule has 2 aromatic carbocycles. The maximum atomic E-state index is 12.7. The van der Waals surface area contributed by atoms with Gasteiger partial charge >= 0.3 is 0 Å². The minimum absolute atomic E-state index is 0.00181. The Morgan fingerprint density at radius 1 is 0.957 bits per heavy atom. The Morgan fingerprint density at radius 3 is 2.09 bits per heavy atom. The van der Waals surface area contributed by atoms with Crippen molar-refractivity contribution in [2.45, 2.75) is 0 Å². The van der Waals surface area contributed by atoms with Crippen molar-refractivity contribution >= 4 is 33.0 Å². The monoisotopic (exact) mass is 328 g/mol. The highest BCUT2D eigenvalue weighted by molar-refractivity contribution is 7.95. The van der Waals surface area contributed by atoms with Crippen molar-refractivity contribution in [1.82, 2.24) is 0 Å². The third kappa shape index (κ3) is 2.31. The molecule has 0 unspecified atom stereocenters. The summed E-state index contributed by atoms with van der Waals surface area (Å²) in [7, 11) is -3.83. The van der Waals surface area contributed by atoms with Crippen LogP contribution < -0.4 is 10.5 Å². The maximum absolute atomic E-state index is 12.7. The molecule has 0 amide bonds. The van der Waals surface area contributed by atoms with Crippen molar-refractivity contribution in [2.24, 2.45) is 0 Å². The van der Waals surface area contributed by atoms with Crippen molar-refractivity contribution in [3.63, 3.8) is 0 Å². The average Bonchev–Trinajstić information content (AvgIpc) is 2.54. The van der Waals surface area contributed by atoms with E-state index in [4.69, 9.17) is 5.73 Å². The summed E-state index contributed by atoms with van der Waals surface area (Å²) >= 11 is 0. The van der Waals surface area contributed by atoms with E-state index in [2.05, 4.69) is 11.3 Å². The number of hydrogen-bond acceptors (Lipinski definition) is 5. The van der Waals surface area contributed by atoms with Gasteiger partial charge in [-0.2, -0.15) is 0 Å². The van der Waals surface area contributed by atoms with Crippen LogP contribution in [0.4, 0.5) is 11.4 Å². The molecule has 0 bridgehead atoms. The molecule has 3 rings (SSSR count). The number of rotatable bonds is 3. The molecule has 0 radical (unpaired) electrons. The second-order valence-electron chi connectivity index (χ2n) is 4.97. The molecular weight excluding hydrogens is 316 g/mol. The van der Waals surface area contributed by atoms with Crippen LogP contribution in [0.15, 0.2) is 48.4 Å². The van der Waals surface area contributed by atoms with Gasteiger partial charge in [-0.05, 0) is 12.1 Å². The zero-order valence-electron chi connectivity index (χ0n) is 11.9. The van der Waals surface area contributed by atoms with Crippen molar-refractivity contribution in [3.05, 3.63) is 70.6 Å². The minimum atomic E-state index is -3.83. The Bertz CT molecular complexity index is 978. The van der Waals surface area contributed by atoms with Crippen LogP contribution in [-0.4, -0.2) is 20.0 Å². The molecule has 0 heterocycles. The van der Waals surface area contributed by atoms with Gasteiger partial charge < -0.3 is 5.73 Å². The van der Waals surface area contributed by atoms with Crippen LogP contribution in [0, 0.1) is 0 Å². The number of nitrogens with one attached hydrogen (secondary N) is 1. The van der Waals surface area contributed by atoms with Gasteiger partial charge in [-0.3, -0.25) is 14.3 Å². The van der Waals surface area contributed by atoms with Gasteiger partial charge in [0.2, 0.25) is 0 Å². The van der Waals surface area contributed by atoms with Crippen LogP contribution >= 0.6 is 0 Å². The Balaban J connectivity index is 2.29. The van der Waals surface area contributed by atoms with Crippen molar-refractivity contribution < 1.29 is 18.0 Å². The molecule has 23 heavy (non-hydrogen) atoms. The Morgan fingerprint density at radius 2 is 1.52 bits per heavy atom. The van der Waals surface area contributed by atoms with E-state index in [1.54, 1.807) is 18.2 Å². The van der Waals surface area contributed by atoms with Gasteiger partial charge in [0.15, 0.2) is 11.6 Å². The molecule has 0 spiro atoms. The predicted molar refractivity (Wildman–Crippen MR) is 86.9 cm³/mol. The van der Waals surface area contributed by atoms with Gasteiger partial charge in [0.1, 0.15) is 0 Å². The van der Waals surface area contributed by atoms with Crippen LogP contribution in [-0.2, 0) is 10.0 Å². The quantitative estimate of drug-likeness (QED) is 0.715. The van der Waals surface area contributed by atoms with Crippen LogP contribution in [0.5, 0.6) is 0 Å². The lowest BCUT2D eigenvalue weighted by atomic mass is 9.82. The number of nitrogen functional groups attached to an aromatic ring is 1. The number of fused-ring (bicyclic) bond motifs is 2. The van der Waals surface area contributed by atoms with E-state index in [0.717, 1.165) is 5.41 Å². The highest BCUT2D eigenvalue weighted by Gasteiger charge is 2.33. The number of hydrogen-bond donors (Lipinski definition) is 2. The summed E-state index contributed by atoms with van der Waals surface area (Å²) in [6, 6.07) is 9.09. The molecule has 0 aromatic heterocycles. The normalized spacial score (nSPS) is 13.2. The molecule has 1 aliphatic rings. The number of sulfonamides is 1. The molecule has 1 aliphatic carbocycles. The topological polar surface area (TPSA) is 106 Å². The van der Waals surface area contributed by atoms with E-state index in [9.17, 15) is 18.0 Å². The Hall–Kier alpha value is -2.93. The minimum Gasteiger partial charge on any atom is -0.398 e. The van der Waals surface area contributed by atoms with Crippen molar-refractivity contribution in [1.29, 1.82) is 0 Å². The predicted octanol–water partition coefficient (Wildman–Crippen LogP) is 1.93. The van der Waals surface area contributed by atoms with Crippen molar-refractivity contribution in [2.75, 3.05) is 10.5 Å². The van der Waals surface area contributed by atoms with E-state index in [-0.39, 0.29) is 33.6 Å². The zero-order chi connectivity index (χ0) is 16.8. The fourth-order valence-corrected chi connectivity index (χ4v) is 3.09. The van der Waals surface area contributed by atoms with Crippen LogP contribution in [0.1, 0.15) is 31.8 Å². The molecule has 3 N–H and O–H groups in total. The molecule has 0 saturated carbocycles. The molecule has 116 valence electrons. The smallest absolute Gasteiger partial charge is 0.254 e. The number of benzene rings is 2. The third-order valence-corrected chi connectivity index (χ3v) is 4.52. The number of carbonyl (C=O) groups is 2. The van der Waals surface area contributed by atoms with Crippen LogP contribution in [0.3, 0.4) is 0 Å². The zero-order valence-corrected chi connectivity index (χ0v) is 12.7. The summed E-state index contributed by atoms with van der Waals surface area (Å²) in [6.45, 7) is 3.20. The number of ketones is 2. The van der Waals surface area contributed by atoms with E-state index in [1.807, 2.05) is 0 Å². The molecule has 0 atom stereocenters. The van der Waals surface area contributed by atoms with Crippen LogP contribution in [0.2, 0.25) is 0 Å². The summed E-state index contributed by atoms with van der Waals surface area (Å²) in [5.41, 5.74) is 6.40. The Kier molecular flexibility index (Phi) is 3.30. The van der Waals surface area contributed by atoms with Gasteiger partial charge in [0.05, 0.1) is 16.8 Å². The lowest BCUT2D eigenvalue weighted by molar-refractivity contribution is 0.0980. The largest absolute Gasteiger partial charge is 0.398 e. The first-order valence-electron chi connectivity index (χ1n) is 6.62. The highest BCUT2D eigenvalue weighted by Crippen LogP contribution is 2.35. The molecule has 6 nitrogen and oxygen atoms in total. The molecule has 0 saturated heterocycles. The van der Waals surface area contributed by atoms with Gasteiger partial charge in [0, 0.05) is 22.2 Å². The van der Waals surface area contributed by atoms with Crippen LogP contribution in [0.25, 0.3) is 0 Å². The first kappa shape index (κ1) is 15.0. The van der Waals surface area contributed by atoms with Gasteiger partial charge in [-0.15, -0.1) is 0 Å². The first-order chi connectivity index (χ1) is 10.9. The first-order valence-corrected chi connectivity index (χ1v) is 8.16. The number of carbonyl (C=O) groups excluding carboxylic acids is 2. The molecule has 2 aromatic rings. The molecule has 0 fully saturated rings. The van der Waals surface area contributed by atoms with E-state index < -0.39 is 21.6 Å². The van der Waals surface area contributed by atoms with E-state index in [1.165, 1.54) is 18.2 Å². The lowest BCUT2D eigenvalue weighted by Gasteiger charge is -2.21. The van der Waals surface area contributed by atoms with Crippen molar-refractivity contribution in [3.8, 4) is 0 Å². The lowest BCUT2D eigenvalue weighted by Crippen LogP contribution is -2.24. The van der Waals surface area contributed by atoms with E-state index in [0.29, 0.717) is 0 Å². The molecule has 0 aliphatic heterocycles. The second-order valence-corrected chi connectivity index (χ2v) is 6.60. The summed E-state index contributed by atoms with van der Waals surface area (Å²) in [5, 5.41) is 0.721. The maximum Gasteiger partial charge on any atom is 0.254 e. The number of nitrogens with two attached hydrogens (primary N) is 1. The second kappa shape index (κ2) is 5.06. The molecular formula is C16H12N2O4S. The fraction of sp³-hybridized carbons (Fsp3) is 0. The summed E-state index contributed by atoms with van der Waals surface area (Å²) in [6.07, 6.45) is 0. The third-order valence-electron chi connectivity index (χ3n) is 3.58. The molecule has 7 heteroatoms. The summed E-state index contributed by atoms with van der Waals surface area (Å²) < 4.78 is 25.7. The summed E-state index contributed by atoms with van der Waals surface area (Å²) in [5.74, 6) is -0.864.